The summed E-state index contributed by atoms with van der Waals surface area (Å²) in [5.41, 5.74) is 8.34. The van der Waals surface area contributed by atoms with Gasteiger partial charge in [0, 0.05) is 18.2 Å². The average Bonchev–Trinajstić information content (AvgIpc) is 2.74. The van der Waals surface area contributed by atoms with Gasteiger partial charge in [-0.3, -0.25) is 0 Å². The molecule has 1 aromatic heterocycles. The molecule has 0 saturated carbocycles. The van der Waals surface area contributed by atoms with Gasteiger partial charge in [-0.1, -0.05) is 5.16 Å². The normalized spacial score (nSPS) is 10.9. The molecule has 0 fully saturated rings. The SMILES string of the molecule is COc1cc(CN(C)C)cc(-c2cc(N)on2)c1. The fourth-order valence-corrected chi connectivity index (χ4v) is 1.81. The lowest BCUT2D eigenvalue weighted by molar-refractivity contribution is 0.395. The quantitative estimate of drug-likeness (QED) is 0.895. The molecule has 0 aliphatic heterocycles. The first-order valence-corrected chi connectivity index (χ1v) is 5.63. The molecule has 2 rings (SSSR count). The molecule has 0 atom stereocenters. The molecule has 1 heterocycles. The Kier molecular flexibility index (Phi) is 3.53. The highest BCUT2D eigenvalue weighted by Crippen LogP contribution is 2.26. The number of nitrogens with zero attached hydrogens (tertiary/aromatic N) is 2. The molecule has 0 saturated heterocycles. The first-order valence-electron chi connectivity index (χ1n) is 5.63. The van der Waals surface area contributed by atoms with Gasteiger partial charge in [0.2, 0.25) is 5.88 Å². The second-order valence-corrected chi connectivity index (χ2v) is 4.42. The summed E-state index contributed by atoms with van der Waals surface area (Å²) in [6, 6.07) is 7.68. The molecule has 0 aliphatic rings. The summed E-state index contributed by atoms with van der Waals surface area (Å²) in [7, 11) is 5.69. The van der Waals surface area contributed by atoms with Crippen LogP contribution in [0.3, 0.4) is 0 Å². The molecule has 2 aromatic rings. The van der Waals surface area contributed by atoms with Crippen LogP contribution in [-0.4, -0.2) is 31.3 Å². The average molecular weight is 247 g/mol. The van der Waals surface area contributed by atoms with Gasteiger partial charge in [-0.25, -0.2) is 0 Å². The summed E-state index contributed by atoms with van der Waals surface area (Å²) < 4.78 is 10.2. The van der Waals surface area contributed by atoms with E-state index in [1.807, 2.05) is 26.2 Å². The first-order chi connectivity index (χ1) is 8.58. The topological polar surface area (TPSA) is 64.5 Å². The van der Waals surface area contributed by atoms with E-state index in [0.717, 1.165) is 23.4 Å². The van der Waals surface area contributed by atoms with Crippen LogP contribution in [-0.2, 0) is 6.54 Å². The van der Waals surface area contributed by atoms with Crippen molar-refractivity contribution in [3.05, 3.63) is 29.8 Å². The lowest BCUT2D eigenvalue weighted by atomic mass is 10.1. The van der Waals surface area contributed by atoms with Gasteiger partial charge in [0.15, 0.2) is 0 Å². The van der Waals surface area contributed by atoms with Crippen LogP contribution in [0.1, 0.15) is 5.56 Å². The minimum Gasteiger partial charge on any atom is -0.497 e. The maximum Gasteiger partial charge on any atom is 0.222 e. The molecule has 0 aliphatic carbocycles. The van der Waals surface area contributed by atoms with E-state index < -0.39 is 0 Å². The molecule has 0 amide bonds. The van der Waals surface area contributed by atoms with E-state index >= 15 is 0 Å². The fourth-order valence-electron chi connectivity index (χ4n) is 1.81. The van der Waals surface area contributed by atoms with Crippen molar-refractivity contribution in [3.8, 4) is 17.0 Å². The van der Waals surface area contributed by atoms with Gasteiger partial charge in [0.05, 0.1) is 7.11 Å². The highest BCUT2D eigenvalue weighted by Gasteiger charge is 2.08. The van der Waals surface area contributed by atoms with Gasteiger partial charge in [0.1, 0.15) is 11.4 Å². The summed E-state index contributed by atoms with van der Waals surface area (Å²) in [5, 5.41) is 3.91. The maximum absolute atomic E-state index is 5.54. The number of hydrogen-bond acceptors (Lipinski definition) is 5. The number of anilines is 1. The van der Waals surface area contributed by atoms with Crippen molar-refractivity contribution in [2.75, 3.05) is 26.9 Å². The van der Waals surface area contributed by atoms with Crippen molar-refractivity contribution in [3.63, 3.8) is 0 Å². The zero-order chi connectivity index (χ0) is 13.1. The Morgan fingerprint density at radius 1 is 1.28 bits per heavy atom. The van der Waals surface area contributed by atoms with Crippen molar-refractivity contribution < 1.29 is 9.26 Å². The van der Waals surface area contributed by atoms with Gasteiger partial charge in [-0.15, -0.1) is 0 Å². The number of ether oxygens (including phenoxy) is 1. The molecule has 96 valence electrons. The van der Waals surface area contributed by atoms with Crippen LogP contribution in [0.15, 0.2) is 28.8 Å². The standard InChI is InChI=1S/C13H17N3O2/c1-16(2)8-9-4-10(6-11(5-9)17-3)12-7-13(14)18-15-12/h4-7H,8,14H2,1-3H3. The third-order valence-electron chi connectivity index (χ3n) is 2.52. The number of rotatable bonds is 4. The minimum atomic E-state index is 0.307. The van der Waals surface area contributed by atoms with Crippen LogP contribution >= 0.6 is 0 Å². The van der Waals surface area contributed by atoms with E-state index in [1.165, 1.54) is 0 Å². The van der Waals surface area contributed by atoms with Crippen LogP contribution in [0.5, 0.6) is 5.75 Å². The summed E-state index contributed by atoms with van der Waals surface area (Å²) in [5.74, 6) is 1.10. The molecule has 0 spiro atoms. The number of aromatic nitrogens is 1. The zero-order valence-electron chi connectivity index (χ0n) is 10.8. The highest BCUT2D eigenvalue weighted by molar-refractivity contribution is 5.64. The molecular formula is C13H17N3O2. The van der Waals surface area contributed by atoms with E-state index in [9.17, 15) is 0 Å². The van der Waals surface area contributed by atoms with Gasteiger partial charge in [0.25, 0.3) is 0 Å². The highest BCUT2D eigenvalue weighted by atomic mass is 16.5. The molecule has 18 heavy (non-hydrogen) atoms. The Balaban J connectivity index is 2.40. The first kappa shape index (κ1) is 12.4. The Bertz CT molecular complexity index is 535. The van der Waals surface area contributed by atoms with Crippen molar-refractivity contribution in [1.29, 1.82) is 0 Å². The molecule has 0 bridgehead atoms. The molecular weight excluding hydrogens is 230 g/mol. The van der Waals surface area contributed by atoms with Gasteiger partial charge >= 0.3 is 0 Å². The van der Waals surface area contributed by atoms with E-state index in [4.69, 9.17) is 15.0 Å². The van der Waals surface area contributed by atoms with Gasteiger partial charge < -0.3 is 19.9 Å². The number of nitrogen functional groups attached to an aromatic ring is 1. The van der Waals surface area contributed by atoms with E-state index in [0.29, 0.717) is 11.6 Å². The lowest BCUT2D eigenvalue weighted by Crippen LogP contribution is -2.10. The predicted octanol–water partition coefficient (Wildman–Crippen LogP) is 1.99. The summed E-state index contributed by atoms with van der Waals surface area (Å²) in [6.45, 7) is 0.831. The molecule has 0 unspecified atom stereocenters. The second-order valence-electron chi connectivity index (χ2n) is 4.42. The number of hydrogen-bond donors (Lipinski definition) is 1. The third kappa shape index (κ3) is 2.81. The minimum absolute atomic E-state index is 0.307. The largest absolute Gasteiger partial charge is 0.497 e. The predicted molar refractivity (Wildman–Crippen MR) is 70.3 cm³/mol. The van der Waals surface area contributed by atoms with Crippen molar-refractivity contribution in [2.45, 2.75) is 6.54 Å². The Morgan fingerprint density at radius 3 is 2.61 bits per heavy atom. The maximum atomic E-state index is 5.54. The van der Waals surface area contributed by atoms with E-state index in [2.05, 4.69) is 16.1 Å². The fraction of sp³-hybridized carbons (Fsp3) is 0.308. The van der Waals surface area contributed by atoms with Crippen LogP contribution in [0, 0.1) is 0 Å². The van der Waals surface area contributed by atoms with E-state index in [-0.39, 0.29) is 0 Å². The third-order valence-corrected chi connectivity index (χ3v) is 2.52. The zero-order valence-corrected chi connectivity index (χ0v) is 10.8. The van der Waals surface area contributed by atoms with Crippen LogP contribution in [0.2, 0.25) is 0 Å². The molecule has 0 radical (unpaired) electrons. The number of methoxy groups -OCH3 is 1. The Hall–Kier alpha value is -2.01. The molecule has 2 N–H and O–H groups in total. The van der Waals surface area contributed by atoms with Crippen molar-refractivity contribution in [1.82, 2.24) is 10.1 Å². The summed E-state index contributed by atoms with van der Waals surface area (Å²) >= 11 is 0. The molecule has 5 nitrogen and oxygen atoms in total. The Labute approximate surface area is 106 Å². The number of benzene rings is 1. The van der Waals surface area contributed by atoms with Crippen LogP contribution in [0.4, 0.5) is 5.88 Å². The number of nitrogens with two attached hydrogens (primary N) is 1. The van der Waals surface area contributed by atoms with Crippen molar-refractivity contribution >= 4 is 5.88 Å². The second kappa shape index (κ2) is 5.10. The summed E-state index contributed by atoms with van der Waals surface area (Å²) in [4.78, 5) is 2.09. The monoisotopic (exact) mass is 247 g/mol. The van der Waals surface area contributed by atoms with E-state index in [1.54, 1.807) is 13.2 Å². The molecule has 1 aromatic carbocycles. The van der Waals surface area contributed by atoms with Gasteiger partial charge in [-0.2, -0.15) is 0 Å². The van der Waals surface area contributed by atoms with Crippen molar-refractivity contribution in [2.24, 2.45) is 0 Å². The van der Waals surface area contributed by atoms with Crippen LogP contribution in [0.25, 0.3) is 11.3 Å². The lowest BCUT2D eigenvalue weighted by Gasteiger charge is -2.12. The smallest absolute Gasteiger partial charge is 0.222 e. The van der Waals surface area contributed by atoms with Crippen LogP contribution < -0.4 is 10.5 Å². The molecule has 5 heteroatoms. The van der Waals surface area contributed by atoms with Gasteiger partial charge in [-0.05, 0) is 37.9 Å². The Morgan fingerprint density at radius 2 is 2.06 bits per heavy atom. The summed E-state index contributed by atoms with van der Waals surface area (Å²) in [6.07, 6.45) is 0.